The number of nitrogens with zero attached hydrogens (tertiary/aromatic N) is 1. The molecule has 0 unspecified atom stereocenters. The third-order valence-electron chi connectivity index (χ3n) is 1.09. The highest BCUT2D eigenvalue weighted by Gasteiger charge is 2.11. The molecule has 0 bridgehead atoms. The van der Waals surface area contributed by atoms with Gasteiger partial charge in [0.15, 0.2) is 5.82 Å². The van der Waals surface area contributed by atoms with E-state index in [1.807, 2.05) is 0 Å². The van der Waals surface area contributed by atoms with Crippen LogP contribution < -0.4 is 0 Å². The molecule has 0 atom stereocenters. The first-order valence-electron chi connectivity index (χ1n) is 2.70. The van der Waals surface area contributed by atoms with E-state index in [4.69, 9.17) is 0 Å². The molecule has 1 heterocycles. The van der Waals surface area contributed by atoms with Gasteiger partial charge in [-0.1, -0.05) is 0 Å². The molecule has 0 saturated heterocycles. The second-order valence-electron chi connectivity index (χ2n) is 1.74. The molecule has 0 spiro atoms. The fourth-order valence-electron chi connectivity index (χ4n) is 0.614. The van der Waals surface area contributed by atoms with Crippen molar-refractivity contribution in [2.24, 2.45) is 0 Å². The van der Waals surface area contributed by atoms with Crippen LogP contribution >= 0.6 is 27.7 Å². The molecule has 11 heavy (non-hydrogen) atoms. The molecule has 0 aliphatic heterocycles. The number of aromatic nitrogens is 1. The Kier molecular flexibility index (Phi) is 2.84. The third-order valence-corrected chi connectivity index (χ3v) is 2.76. The first kappa shape index (κ1) is 8.93. The van der Waals surface area contributed by atoms with Crippen LogP contribution in [0.15, 0.2) is 15.6 Å². The summed E-state index contributed by atoms with van der Waals surface area (Å²) in [5.74, 6) is -1.95. The molecule has 5 heteroatoms. The predicted molar refractivity (Wildman–Crippen MR) is 43.6 cm³/mol. The third kappa shape index (κ3) is 1.70. The van der Waals surface area contributed by atoms with Crippen LogP contribution in [0.25, 0.3) is 0 Å². The Bertz CT molecular complexity index is 280. The van der Waals surface area contributed by atoms with Crippen molar-refractivity contribution in [3.8, 4) is 0 Å². The smallest absolute Gasteiger partial charge is 0.224 e. The number of rotatable bonds is 1. The maximum atomic E-state index is 12.8. The molecule has 1 nitrogen and oxygen atoms in total. The van der Waals surface area contributed by atoms with Crippen LogP contribution in [0.2, 0.25) is 0 Å². The Morgan fingerprint density at radius 1 is 1.55 bits per heavy atom. The largest absolute Gasteiger partial charge is 0.250 e. The number of pyridine rings is 1. The van der Waals surface area contributed by atoms with Crippen LogP contribution in [-0.4, -0.2) is 11.2 Å². The molecule has 0 amide bonds. The van der Waals surface area contributed by atoms with E-state index in [-0.39, 0.29) is 4.90 Å². The van der Waals surface area contributed by atoms with Gasteiger partial charge in [0.2, 0.25) is 5.95 Å². The lowest BCUT2D eigenvalue weighted by molar-refractivity contribution is 0.462. The summed E-state index contributed by atoms with van der Waals surface area (Å²) in [5.41, 5.74) is 0. The van der Waals surface area contributed by atoms with E-state index >= 15 is 0 Å². The highest BCUT2D eigenvalue weighted by Crippen LogP contribution is 2.28. The lowest BCUT2D eigenvalue weighted by atomic mass is 10.5. The molecule has 60 valence electrons. The SMILES string of the molecule is CSc1c(Br)cnc(F)c1F. The molecule has 1 rings (SSSR count). The van der Waals surface area contributed by atoms with Gasteiger partial charge in [-0.15, -0.1) is 11.8 Å². The topological polar surface area (TPSA) is 12.9 Å². The minimum atomic E-state index is -1.06. The monoisotopic (exact) mass is 239 g/mol. The Morgan fingerprint density at radius 3 is 2.64 bits per heavy atom. The second kappa shape index (κ2) is 3.49. The normalized spacial score (nSPS) is 10.2. The van der Waals surface area contributed by atoms with Crippen molar-refractivity contribution in [2.45, 2.75) is 4.90 Å². The zero-order valence-corrected chi connectivity index (χ0v) is 7.97. The van der Waals surface area contributed by atoms with Crippen LogP contribution in [0.4, 0.5) is 8.78 Å². The van der Waals surface area contributed by atoms with E-state index < -0.39 is 11.8 Å². The second-order valence-corrected chi connectivity index (χ2v) is 3.42. The first-order chi connectivity index (χ1) is 5.16. The van der Waals surface area contributed by atoms with Crippen molar-refractivity contribution in [1.29, 1.82) is 0 Å². The van der Waals surface area contributed by atoms with E-state index in [2.05, 4.69) is 20.9 Å². The molecule has 0 aliphatic carbocycles. The highest BCUT2D eigenvalue weighted by atomic mass is 79.9. The summed E-state index contributed by atoms with van der Waals surface area (Å²) in [4.78, 5) is 3.43. The summed E-state index contributed by atoms with van der Waals surface area (Å²) in [6, 6.07) is 0. The highest BCUT2D eigenvalue weighted by molar-refractivity contribution is 9.10. The fraction of sp³-hybridized carbons (Fsp3) is 0.167. The van der Waals surface area contributed by atoms with Crippen LogP contribution in [0.1, 0.15) is 0 Å². The van der Waals surface area contributed by atoms with Gasteiger partial charge in [-0.25, -0.2) is 9.37 Å². The van der Waals surface area contributed by atoms with E-state index in [1.54, 1.807) is 6.26 Å². The van der Waals surface area contributed by atoms with Gasteiger partial charge in [0, 0.05) is 6.20 Å². The van der Waals surface area contributed by atoms with Gasteiger partial charge >= 0.3 is 0 Å². The first-order valence-corrected chi connectivity index (χ1v) is 4.72. The zero-order chi connectivity index (χ0) is 8.43. The van der Waals surface area contributed by atoms with Crippen molar-refractivity contribution < 1.29 is 8.78 Å². The van der Waals surface area contributed by atoms with Gasteiger partial charge < -0.3 is 0 Å². The van der Waals surface area contributed by atoms with E-state index in [0.717, 1.165) is 11.8 Å². The summed E-state index contributed by atoms with van der Waals surface area (Å²) in [6.45, 7) is 0. The molecule has 0 N–H and O–H groups in total. The van der Waals surface area contributed by atoms with E-state index in [0.29, 0.717) is 4.47 Å². The van der Waals surface area contributed by atoms with Gasteiger partial charge in [-0.05, 0) is 22.2 Å². The summed E-state index contributed by atoms with van der Waals surface area (Å²) in [5, 5.41) is 0. The maximum Gasteiger partial charge on any atom is 0.250 e. The molecule has 0 fully saturated rings. The van der Waals surface area contributed by atoms with Crippen molar-refractivity contribution in [1.82, 2.24) is 4.98 Å². The Labute approximate surface area is 75.3 Å². The predicted octanol–water partition coefficient (Wildman–Crippen LogP) is 2.84. The molecular weight excluding hydrogens is 236 g/mol. The Hall–Kier alpha value is -0.160. The summed E-state index contributed by atoms with van der Waals surface area (Å²) < 4.78 is 25.7. The standard InChI is InChI=1S/C6H4BrF2NS/c1-11-5-3(7)2-10-6(9)4(5)8/h2H,1H3. The van der Waals surface area contributed by atoms with Crippen LogP contribution in [0, 0.1) is 11.8 Å². The molecule has 0 aliphatic rings. The van der Waals surface area contributed by atoms with Crippen molar-refractivity contribution in [3.63, 3.8) is 0 Å². The molecule has 0 aromatic carbocycles. The Balaban J connectivity index is 3.29. The lowest BCUT2D eigenvalue weighted by Gasteiger charge is -2.00. The number of thioether (sulfide) groups is 1. The van der Waals surface area contributed by atoms with E-state index in [9.17, 15) is 8.78 Å². The molecule has 1 aromatic heterocycles. The Morgan fingerprint density at radius 2 is 2.18 bits per heavy atom. The fourth-order valence-corrected chi connectivity index (χ4v) is 1.89. The van der Waals surface area contributed by atoms with E-state index in [1.165, 1.54) is 6.20 Å². The van der Waals surface area contributed by atoms with Crippen LogP contribution in [0.3, 0.4) is 0 Å². The van der Waals surface area contributed by atoms with Gasteiger partial charge in [-0.3, -0.25) is 0 Å². The van der Waals surface area contributed by atoms with Gasteiger partial charge in [-0.2, -0.15) is 4.39 Å². The summed E-state index contributed by atoms with van der Waals surface area (Å²) >= 11 is 4.19. The number of hydrogen-bond acceptors (Lipinski definition) is 2. The summed E-state index contributed by atoms with van der Waals surface area (Å²) in [7, 11) is 0. The summed E-state index contributed by atoms with van der Waals surface area (Å²) in [6.07, 6.45) is 2.91. The van der Waals surface area contributed by atoms with Crippen molar-refractivity contribution in [2.75, 3.05) is 6.26 Å². The minimum Gasteiger partial charge on any atom is -0.224 e. The molecule has 1 aromatic rings. The van der Waals surface area contributed by atoms with Gasteiger partial charge in [0.1, 0.15) is 0 Å². The maximum absolute atomic E-state index is 12.8. The molecule has 0 saturated carbocycles. The number of hydrogen-bond donors (Lipinski definition) is 0. The van der Waals surface area contributed by atoms with Crippen molar-refractivity contribution in [3.05, 3.63) is 22.4 Å². The van der Waals surface area contributed by atoms with Crippen LogP contribution in [-0.2, 0) is 0 Å². The average Bonchev–Trinajstić information content (AvgIpc) is 1.99. The molecule has 0 radical (unpaired) electrons. The minimum absolute atomic E-state index is 0.248. The van der Waals surface area contributed by atoms with Crippen molar-refractivity contribution >= 4 is 27.7 Å². The molecular formula is C6H4BrF2NS. The average molecular weight is 240 g/mol. The zero-order valence-electron chi connectivity index (χ0n) is 5.57. The quantitative estimate of drug-likeness (QED) is 0.553. The lowest BCUT2D eigenvalue weighted by Crippen LogP contribution is -1.92. The van der Waals surface area contributed by atoms with Gasteiger partial charge in [0.05, 0.1) is 9.37 Å². The van der Waals surface area contributed by atoms with Gasteiger partial charge in [0.25, 0.3) is 0 Å². The van der Waals surface area contributed by atoms with Crippen LogP contribution in [0.5, 0.6) is 0 Å². The number of halogens is 3.